The summed E-state index contributed by atoms with van der Waals surface area (Å²) in [5.74, 6) is 1.09. The summed E-state index contributed by atoms with van der Waals surface area (Å²) in [5, 5.41) is 7.23. The average molecular weight is 313 g/mol. The molecule has 23 heavy (non-hydrogen) atoms. The summed E-state index contributed by atoms with van der Waals surface area (Å²) in [6.45, 7) is 5.69. The summed E-state index contributed by atoms with van der Waals surface area (Å²) in [6, 6.07) is 6.09. The van der Waals surface area contributed by atoms with Crippen LogP contribution in [0.5, 0.6) is 0 Å². The molecule has 0 spiro atoms. The Labute approximate surface area is 136 Å². The fourth-order valence-electron chi connectivity index (χ4n) is 3.18. The molecule has 1 amide bonds. The van der Waals surface area contributed by atoms with E-state index in [4.69, 9.17) is 0 Å². The van der Waals surface area contributed by atoms with Crippen molar-refractivity contribution in [2.24, 2.45) is 5.92 Å². The highest BCUT2D eigenvalue weighted by Gasteiger charge is 2.25. The minimum absolute atomic E-state index is 0.0474. The molecule has 6 heteroatoms. The SMILES string of the molecule is CNC(=O)[C@H]1CCCN(c2ccc(-n3nc(C)cc3C)cn2)C1. The highest BCUT2D eigenvalue weighted by molar-refractivity contribution is 5.79. The van der Waals surface area contributed by atoms with Gasteiger partial charge in [-0.2, -0.15) is 5.10 Å². The minimum atomic E-state index is 0.0474. The van der Waals surface area contributed by atoms with Crippen LogP contribution >= 0.6 is 0 Å². The molecule has 1 aliphatic rings. The third-order valence-electron chi connectivity index (χ3n) is 4.35. The monoisotopic (exact) mass is 313 g/mol. The molecule has 0 radical (unpaired) electrons. The molecule has 3 rings (SSSR count). The molecule has 0 aliphatic carbocycles. The van der Waals surface area contributed by atoms with Gasteiger partial charge in [0.2, 0.25) is 5.91 Å². The number of anilines is 1. The fraction of sp³-hybridized carbons (Fsp3) is 0.471. The lowest BCUT2D eigenvalue weighted by molar-refractivity contribution is -0.124. The number of hydrogen-bond donors (Lipinski definition) is 1. The zero-order chi connectivity index (χ0) is 16.4. The number of aromatic nitrogens is 3. The van der Waals surface area contributed by atoms with Crippen LogP contribution < -0.4 is 10.2 Å². The predicted molar refractivity (Wildman–Crippen MR) is 89.8 cm³/mol. The molecule has 1 atom stereocenters. The van der Waals surface area contributed by atoms with Gasteiger partial charge in [-0.1, -0.05) is 0 Å². The minimum Gasteiger partial charge on any atom is -0.359 e. The van der Waals surface area contributed by atoms with Gasteiger partial charge >= 0.3 is 0 Å². The van der Waals surface area contributed by atoms with Crippen LogP contribution in [0.1, 0.15) is 24.2 Å². The number of carbonyl (C=O) groups is 1. The normalized spacial score (nSPS) is 18.0. The molecule has 2 aromatic heterocycles. The molecule has 1 fully saturated rings. The molecule has 3 heterocycles. The summed E-state index contributed by atoms with van der Waals surface area (Å²) in [6.07, 6.45) is 3.80. The van der Waals surface area contributed by atoms with E-state index in [9.17, 15) is 4.79 Å². The van der Waals surface area contributed by atoms with Gasteiger partial charge < -0.3 is 10.2 Å². The first kappa shape index (κ1) is 15.5. The highest BCUT2D eigenvalue weighted by Crippen LogP contribution is 2.22. The van der Waals surface area contributed by atoms with Crippen LogP contribution in [0.3, 0.4) is 0 Å². The molecule has 0 unspecified atom stereocenters. The van der Waals surface area contributed by atoms with Crippen molar-refractivity contribution in [2.45, 2.75) is 26.7 Å². The van der Waals surface area contributed by atoms with Crippen molar-refractivity contribution in [3.8, 4) is 5.69 Å². The maximum atomic E-state index is 11.9. The van der Waals surface area contributed by atoms with Gasteiger partial charge in [0.05, 0.1) is 23.5 Å². The van der Waals surface area contributed by atoms with Gasteiger partial charge in [0.1, 0.15) is 5.82 Å². The summed E-state index contributed by atoms with van der Waals surface area (Å²) in [5.41, 5.74) is 3.05. The molecular weight excluding hydrogens is 290 g/mol. The number of aryl methyl sites for hydroxylation is 2. The van der Waals surface area contributed by atoms with Crippen LogP contribution in [0, 0.1) is 19.8 Å². The number of nitrogens with zero attached hydrogens (tertiary/aromatic N) is 4. The molecular formula is C17H23N5O. The van der Waals surface area contributed by atoms with Gasteiger partial charge in [-0.05, 0) is 44.9 Å². The van der Waals surface area contributed by atoms with Crippen molar-refractivity contribution in [1.82, 2.24) is 20.1 Å². The van der Waals surface area contributed by atoms with Crippen molar-refractivity contribution in [3.05, 3.63) is 35.8 Å². The quantitative estimate of drug-likeness (QED) is 0.939. The molecule has 2 aromatic rings. The Kier molecular flexibility index (Phi) is 4.32. The number of rotatable bonds is 3. The summed E-state index contributed by atoms with van der Waals surface area (Å²) < 4.78 is 1.90. The van der Waals surface area contributed by atoms with E-state index in [2.05, 4.69) is 20.3 Å². The van der Waals surface area contributed by atoms with E-state index in [0.29, 0.717) is 0 Å². The lowest BCUT2D eigenvalue weighted by Gasteiger charge is -2.32. The van der Waals surface area contributed by atoms with Gasteiger partial charge in [-0.15, -0.1) is 0 Å². The van der Waals surface area contributed by atoms with Gasteiger partial charge in [-0.3, -0.25) is 4.79 Å². The Morgan fingerprint density at radius 3 is 2.78 bits per heavy atom. The number of carbonyl (C=O) groups excluding carboxylic acids is 1. The van der Waals surface area contributed by atoms with E-state index in [0.717, 1.165) is 48.8 Å². The zero-order valence-electron chi connectivity index (χ0n) is 13.9. The van der Waals surface area contributed by atoms with Crippen LogP contribution in [0.25, 0.3) is 5.69 Å². The Balaban J connectivity index is 1.77. The molecule has 6 nitrogen and oxygen atoms in total. The fourth-order valence-corrected chi connectivity index (χ4v) is 3.18. The lowest BCUT2D eigenvalue weighted by Crippen LogP contribution is -2.42. The van der Waals surface area contributed by atoms with E-state index in [1.165, 1.54) is 0 Å². The van der Waals surface area contributed by atoms with E-state index >= 15 is 0 Å². The van der Waals surface area contributed by atoms with Crippen LogP contribution in [0.4, 0.5) is 5.82 Å². The van der Waals surface area contributed by atoms with Gasteiger partial charge in [0.25, 0.3) is 0 Å². The maximum absolute atomic E-state index is 11.9. The Morgan fingerprint density at radius 2 is 2.17 bits per heavy atom. The van der Waals surface area contributed by atoms with Crippen molar-refractivity contribution >= 4 is 11.7 Å². The number of hydrogen-bond acceptors (Lipinski definition) is 4. The van der Waals surface area contributed by atoms with Crippen molar-refractivity contribution < 1.29 is 4.79 Å². The van der Waals surface area contributed by atoms with Gasteiger partial charge in [0, 0.05) is 25.8 Å². The molecule has 1 N–H and O–H groups in total. The molecule has 1 saturated heterocycles. The number of nitrogens with one attached hydrogen (secondary N) is 1. The Hall–Kier alpha value is -2.37. The predicted octanol–water partition coefficient (Wildman–Crippen LogP) is 1.85. The van der Waals surface area contributed by atoms with Crippen LogP contribution in [-0.4, -0.2) is 40.8 Å². The van der Waals surface area contributed by atoms with Crippen LogP contribution in [0.15, 0.2) is 24.4 Å². The highest BCUT2D eigenvalue weighted by atomic mass is 16.1. The molecule has 0 aromatic carbocycles. The number of piperidine rings is 1. The smallest absolute Gasteiger partial charge is 0.224 e. The van der Waals surface area contributed by atoms with E-state index in [-0.39, 0.29) is 11.8 Å². The van der Waals surface area contributed by atoms with E-state index in [1.807, 2.05) is 42.9 Å². The number of pyridine rings is 1. The maximum Gasteiger partial charge on any atom is 0.224 e. The first-order valence-electron chi connectivity index (χ1n) is 8.04. The summed E-state index contributed by atoms with van der Waals surface area (Å²) >= 11 is 0. The Bertz CT molecular complexity index is 692. The summed E-state index contributed by atoms with van der Waals surface area (Å²) in [4.78, 5) is 18.6. The molecule has 0 bridgehead atoms. The van der Waals surface area contributed by atoms with Crippen LogP contribution in [-0.2, 0) is 4.79 Å². The largest absolute Gasteiger partial charge is 0.359 e. The molecule has 1 aliphatic heterocycles. The van der Waals surface area contributed by atoms with E-state index < -0.39 is 0 Å². The summed E-state index contributed by atoms with van der Waals surface area (Å²) in [7, 11) is 1.70. The van der Waals surface area contributed by atoms with Crippen molar-refractivity contribution in [2.75, 3.05) is 25.0 Å². The topological polar surface area (TPSA) is 63.1 Å². The second kappa shape index (κ2) is 6.40. The van der Waals surface area contributed by atoms with Gasteiger partial charge in [-0.25, -0.2) is 9.67 Å². The molecule has 0 saturated carbocycles. The van der Waals surface area contributed by atoms with E-state index in [1.54, 1.807) is 7.05 Å². The van der Waals surface area contributed by atoms with Gasteiger partial charge in [0.15, 0.2) is 0 Å². The second-order valence-electron chi connectivity index (χ2n) is 6.11. The average Bonchev–Trinajstić information content (AvgIpc) is 2.93. The Morgan fingerprint density at radius 1 is 1.35 bits per heavy atom. The van der Waals surface area contributed by atoms with Crippen molar-refractivity contribution in [1.29, 1.82) is 0 Å². The van der Waals surface area contributed by atoms with Crippen molar-refractivity contribution in [3.63, 3.8) is 0 Å². The third-order valence-corrected chi connectivity index (χ3v) is 4.35. The standard InChI is InChI=1S/C17H23N5O/c1-12-9-13(2)22(20-12)15-6-7-16(19-10-15)21-8-4-5-14(11-21)17(23)18-3/h6-7,9-10,14H,4-5,8,11H2,1-3H3,(H,18,23)/t14-/m0/s1. The third kappa shape index (κ3) is 3.21. The first-order valence-corrected chi connectivity index (χ1v) is 8.04. The molecule has 122 valence electrons. The first-order chi connectivity index (χ1) is 11.1. The zero-order valence-corrected chi connectivity index (χ0v) is 13.9. The van der Waals surface area contributed by atoms with Crippen LogP contribution in [0.2, 0.25) is 0 Å². The second-order valence-corrected chi connectivity index (χ2v) is 6.11. The number of amides is 1. The lowest BCUT2D eigenvalue weighted by atomic mass is 9.97.